The van der Waals surface area contributed by atoms with Gasteiger partial charge in [0.25, 0.3) is 0 Å². The third-order valence-corrected chi connectivity index (χ3v) is 2.96. The molecule has 1 aromatic rings. The summed E-state index contributed by atoms with van der Waals surface area (Å²) in [5, 5.41) is 35.2. The minimum atomic E-state index is -2.27. The minimum absolute atomic E-state index is 0.0398. The van der Waals surface area contributed by atoms with Gasteiger partial charge < -0.3 is 30.5 Å². The number of carboxylic acids is 2. The fraction of sp³-hybridized carbons (Fsp3) is 0.286. The van der Waals surface area contributed by atoms with E-state index in [4.69, 9.17) is 20.4 Å². The SMILES string of the molecule is COC(=O)c1ccc2c(c1)NC(=O)C2.O=C(O)[C@H](O)[C@@H](O)C(=O)O. The Balaban J connectivity index is 0.000000257. The summed E-state index contributed by atoms with van der Waals surface area (Å²) in [6, 6.07) is 5.05. The van der Waals surface area contributed by atoms with Gasteiger partial charge in [-0.05, 0) is 17.7 Å². The van der Waals surface area contributed by atoms with E-state index in [1.807, 2.05) is 0 Å². The Hall–Kier alpha value is -2.98. The van der Waals surface area contributed by atoms with Crippen LogP contribution < -0.4 is 5.32 Å². The lowest BCUT2D eigenvalue weighted by atomic mass is 10.1. The zero-order valence-electron chi connectivity index (χ0n) is 12.4. The number of hydrogen-bond acceptors (Lipinski definition) is 7. The summed E-state index contributed by atoms with van der Waals surface area (Å²) < 4.78 is 4.57. The highest BCUT2D eigenvalue weighted by molar-refractivity contribution is 6.01. The Morgan fingerprint density at radius 2 is 1.67 bits per heavy atom. The molecule has 0 radical (unpaired) electrons. The summed E-state index contributed by atoms with van der Waals surface area (Å²) in [5.74, 6) is -3.97. The van der Waals surface area contributed by atoms with Crippen molar-refractivity contribution in [2.45, 2.75) is 18.6 Å². The lowest BCUT2D eigenvalue weighted by Crippen LogP contribution is -2.39. The molecule has 24 heavy (non-hydrogen) atoms. The maximum absolute atomic E-state index is 11.2. The predicted molar refractivity (Wildman–Crippen MR) is 77.4 cm³/mol. The van der Waals surface area contributed by atoms with Crippen molar-refractivity contribution in [3.8, 4) is 0 Å². The fourth-order valence-corrected chi connectivity index (χ4v) is 1.73. The standard InChI is InChI=1S/C10H9NO3.C4H6O6/c1-14-10(13)7-3-2-6-5-9(12)11-8(6)4-7;5-1(3(7)8)2(6)4(9)10/h2-4H,5H2,1H3,(H,11,12);1-2,5-6H,(H,7,8)(H,9,10)/t;1-,2-/m.1/s1. The first-order valence-electron chi connectivity index (χ1n) is 6.50. The maximum atomic E-state index is 11.2. The first-order valence-corrected chi connectivity index (χ1v) is 6.50. The molecule has 0 bridgehead atoms. The number of aliphatic carboxylic acids is 2. The smallest absolute Gasteiger partial charge is 0.337 e. The van der Waals surface area contributed by atoms with Crippen LogP contribution in [0.3, 0.4) is 0 Å². The lowest BCUT2D eigenvalue weighted by Gasteiger charge is -2.07. The highest BCUT2D eigenvalue weighted by Crippen LogP contribution is 2.24. The number of fused-ring (bicyclic) bond motifs is 1. The highest BCUT2D eigenvalue weighted by atomic mass is 16.5. The number of carbonyl (C=O) groups is 4. The van der Waals surface area contributed by atoms with Crippen LogP contribution in [0.25, 0.3) is 0 Å². The van der Waals surface area contributed by atoms with Gasteiger partial charge in [0.15, 0.2) is 12.2 Å². The largest absolute Gasteiger partial charge is 0.479 e. The zero-order valence-corrected chi connectivity index (χ0v) is 12.4. The second kappa shape index (κ2) is 8.04. The van der Waals surface area contributed by atoms with Gasteiger partial charge in [-0.2, -0.15) is 0 Å². The summed E-state index contributed by atoms with van der Waals surface area (Å²) in [6.07, 6.45) is -4.15. The number of ether oxygens (including phenoxy) is 1. The van der Waals surface area contributed by atoms with Gasteiger partial charge in [0, 0.05) is 5.69 Å². The van der Waals surface area contributed by atoms with Gasteiger partial charge in [0.05, 0.1) is 19.1 Å². The van der Waals surface area contributed by atoms with Crippen molar-refractivity contribution in [2.24, 2.45) is 0 Å². The number of aliphatic hydroxyl groups is 2. The normalized spacial score (nSPS) is 14.4. The third kappa shape index (κ3) is 4.76. The molecule has 10 heteroatoms. The van der Waals surface area contributed by atoms with Crippen LogP contribution in [-0.2, 0) is 25.5 Å². The number of carboxylic acid groups (broad SMARTS) is 2. The zero-order chi connectivity index (χ0) is 18.4. The molecule has 2 atom stereocenters. The van der Waals surface area contributed by atoms with Gasteiger partial charge in [-0.15, -0.1) is 0 Å². The Kier molecular flexibility index (Phi) is 6.38. The van der Waals surface area contributed by atoms with E-state index in [1.165, 1.54) is 7.11 Å². The summed E-state index contributed by atoms with van der Waals surface area (Å²) in [7, 11) is 1.33. The number of benzene rings is 1. The molecule has 0 saturated carbocycles. The Bertz CT molecular complexity index is 652. The van der Waals surface area contributed by atoms with Gasteiger partial charge in [0.2, 0.25) is 5.91 Å². The van der Waals surface area contributed by atoms with Crippen LogP contribution in [0.15, 0.2) is 18.2 Å². The molecular weight excluding hydrogens is 326 g/mol. The van der Waals surface area contributed by atoms with Crippen molar-refractivity contribution in [2.75, 3.05) is 12.4 Å². The van der Waals surface area contributed by atoms with Crippen molar-refractivity contribution in [1.82, 2.24) is 0 Å². The van der Waals surface area contributed by atoms with E-state index in [1.54, 1.807) is 18.2 Å². The molecule has 1 aliphatic heterocycles. The van der Waals surface area contributed by atoms with E-state index in [0.29, 0.717) is 17.7 Å². The van der Waals surface area contributed by atoms with Crippen LogP contribution in [0.1, 0.15) is 15.9 Å². The van der Waals surface area contributed by atoms with Crippen molar-refractivity contribution in [3.63, 3.8) is 0 Å². The number of esters is 1. The molecule has 0 aromatic heterocycles. The van der Waals surface area contributed by atoms with E-state index >= 15 is 0 Å². The number of nitrogens with one attached hydrogen (secondary N) is 1. The molecule has 5 N–H and O–H groups in total. The molecule has 1 heterocycles. The van der Waals surface area contributed by atoms with Crippen molar-refractivity contribution in [3.05, 3.63) is 29.3 Å². The third-order valence-electron chi connectivity index (χ3n) is 2.96. The first kappa shape index (κ1) is 19.1. The summed E-state index contributed by atoms with van der Waals surface area (Å²) >= 11 is 0. The van der Waals surface area contributed by atoms with E-state index < -0.39 is 30.1 Å². The molecule has 130 valence electrons. The van der Waals surface area contributed by atoms with Gasteiger partial charge in [-0.25, -0.2) is 14.4 Å². The Morgan fingerprint density at radius 3 is 2.12 bits per heavy atom. The molecule has 0 fully saturated rings. The van der Waals surface area contributed by atoms with Crippen LogP contribution in [-0.4, -0.2) is 63.6 Å². The van der Waals surface area contributed by atoms with Gasteiger partial charge >= 0.3 is 17.9 Å². The molecule has 1 aliphatic rings. The quantitative estimate of drug-likeness (QED) is 0.424. The molecule has 0 unspecified atom stereocenters. The molecular formula is C14H15NO9. The Labute approximate surface area is 135 Å². The second-order valence-electron chi connectivity index (χ2n) is 4.65. The maximum Gasteiger partial charge on any atom is 0.337 e. The molecule has 1 amide bonds. The van der Waals surface area contributed by atoms with E-state index in [9.17, 15) is 19.2 Å². The average molecular weight is 341 g/mol. The Morgan fingerprint density at radius 1 is 1.12 bits per heavy atom. The van der Waals surface area contributed by atoms with E-state index in [-0.39, 0.29) is 5.91 Å². The fourth-order valence-electron chi connectivity index (χ4n) is 1.73. The first-order chi connectivity index (χ1) is 11.2. The lowest BCUT2D eigenvalue weighted by molar-refractivity contribution is -0.165. The molecule has 1 aromatic carbocycles. The number of carbonyl (C=O) groups excluding carboxylic acids is 2. The van der Waals surface area contributed by atoms with E-state index in [2.05, 4.69) is 10.1 Å². The van der Waals surface area contributed by atoms with E-state index in [0.717, 1.165) is 5.56 Å². The van der Waals surface area contributed by atoms with Crippen molar-refractivity contribution in [1.29, 1.82) is 0 Å². The summed E-state index contributed by atoms with van der Waals surface area (Å²) in [5.41, 5.74) is 2.08. The minimum Gasteiger partial charge on any atom is -0.479 e. The molecule has 0 aliphatic carbocycles. The number of anilines is 1. The van der Waals surface area contributed by atoms with Crippen molar-refractivity contribution < 1.29 is 44.3 Å². The van der Waals surface area contributed by atoms with Crippen LogP contribution in [0, 0.1) is 0 Å². The molecule has 0 spiro atoms. The molecule has 10 nitrogen and oxygen atoms in total. The van der Waals surface area contributed by atoms with Crippen LogP contribution >= 0.6 is 0 Å². The second-order valence-corrected chi connectivity index (χ2v) is 4.65. The van der Waals surface area contributed by atoms with Crippen LogP contribution in [0.2, 0.25) is 0 Å². The number of aliphatic hydroxyl groups excluding tert-OH is 2. The highest BCUT2D eigenvalue weighted by Gasteiger charge is 2.29. The number of hydrogen-bond donors (Lipinski definition) is 5. The van der Waals surface area contributed by atoms with Gasteiger partial charge in [-0.1, -0.05) is 6.07 Å². The molecule has 2 rings (SSSR count). The molecule has 0 saturated heterocycles. The predicted octanol–water partition coefficient (Wildman–Crippen LogP) is -1.15. The number of amides is 1. The van der Waals surface area contributed by atoms with Crippen molar-refractivity contribution >= 4 is 29.5 Å². The van der Waals surface area contributed by atoms with Crippen LogP contribution in [0.5, 0.6) is 0 Å². The summed E-state index contributed by atoms with van der Waals surface area (Å²) in [6.45, 7) is 0. The summed E-state index contributed by atoms with van der Waals surface area (Å²) in [4.78, 5) is 41.7. The number of rotatable bonds is 4. The van der Waals surface area contributed by atoms with Crippen LogP contribution in [0.4, 0.5) is 5.69 Å². The van der Waals surface area contributed by atoms with Gasteiger partial charge in [-0.3, -0.25) is 4.79 Å². The number of methoxy groups -OCH3 is 1. The van der Waals surface area contributed by atoms with Gasteiger partial charge in [0.1, 0.15) is 0 Å². The average Bonchev–Trinajstić information content (AvgIpc) is 2.91. The monoisotopic (exact) mass is 341 g/mol. The topological polar surface area (TPSA) is 170 Å².